The number of benzene rings is 2. The molecule has 154 valence electrons. The van der Waals surface area contributed by atoms with Gasteiger partial charge in [0.1, 0.15) is 0 Å². The molecule has 0 saturated carbocycles. The number of carbonyl (C=O) groups excluding carboxylic acids is 1. The number of amides is 1. The molecule has 1 saturated heterocycles. The van der Waals surface area contributed by atoms with Gasteiger partial charge in [0.25, 0.3) is 0 Å². The summed E-state index contributed by atoms with van der Waals surface area (Å²) in [6, 6.07) is 22.7. The van der Waals surface area contributed by atoms with E-state index in [1.165, 1.54) is 18.9 Å². The van der Waals surface area contributed by atoms with Crippen molar-refractivity contribution in [2.24, 2.45) is 0 Å². The summed E-state index contributed by atoms with van der Waals surface area (Å²) in [6.07, 6.45) is 3.03. The molecule has 1 unspecified atom stereocenters. The van der Waals surface area contributed by atoms with Crippen LogP contribution in [0.25, 0.3) is 0 Å². The number of nitrogens with zero attached hydrogens (tertiary/aromatic N) is 2. The van der Waals surface area contributed by atoms with E-state index in [0.717, 1.165) is 53.6 Å². The Morgan fingerprint density at radius 2 is 1.90 bits per heavy atom. The van der Waals surface area contributed by atoms with Gasteiger partial charge >= 0.3 is 0 Å². The molecule has 30 heavy (non-hydrogen) atoms. The van der Waals surface area contributed by atoms with Crippen LogP contribution in [0.4, 0.5) is 5.69 Å². The summed E-state index contributed by atoms with van der Waals surface area (Å²) < 4.78 is 0. The van der Waals surface area contributed by atoms with E-state index < -0.39 is 0 Å². The maximum Gasteiger partial charge on any atom is 0.221 e. The average molecular weight is 420 g/mol. The number of aromatic nitrogens is 1. The molecule has 4 rings (SSSR count). The minimum atomic E-state index is -0.0508. The Labute approximate surface area is 182 Å². The number of halogens is 1. The Bertz CT molecular complexity index is 1020. The summed E-state index contributed by atoms with van der Waals surface area (Å²) in [5, 5.41) is 3.61. The van der Waals surface area contributed by atoms with E-state index in [9.17, 15) is 4.79 Å². The van der Waals surface area contributed by atoms with Crippen LogP contribution < -0.4 is 5.32 Å². The fourth-order valence-corrected chi connectivity index (χ4v) is 4.30. The molecule has 0 bridgehead atoms. The normalized spacial score (nSPS) is 16.5. The highest BCUT2D eigenvalue weighted by Crippen LogP contribution is 2.32. The molecule has 1 N–H and O–H groups in total. The van der Waals surface area contributed by atoms with E-state index in [4.69, 9.17) is 16.6 Å². The van der Waals surface area contributed by atoms with Crippen LogP contribution in [0.1, 0.15) is 48.3 Å². The molecule has 0 aliphatic carbocycles. The third kappa shape index (κ3) is 5.07. The van der Waals surface area contributed by atoms with Gasteiger partial charge in [0.05, 0.1) is 11.7 Å². The average Bonchev–Trinajstić information content (AvgIpc) is 3.19. The van der Waals surface area contributed by atoms with Crippen LogP contribution in [0, 0.1) is 0 Å². The third-order valence-electron chi connectivity index (χ3n) is 5.52. The summed E-state index contributed by atoms with van der Waals surface area (Å²) >= 11 is 6.33. The van der Waals surface area contributed by atoms with Crippen molar-refractivity contribution in [3.63, 3.8) is 0 Å². The van der Waals surface area contributed by atoms with E-state index in [-0.39, 0.29) is 5.91 Å². The zero-order valence-corrected chi connectivity index (χ0v) is 17.9. The van der Waals surface area contributed by atoms with Crippen LogP contribution >= 0.6 is 11.6 Å². The summed E-state index contributed by atoms with van der Waals surface area (Å²) in [5.41, 5.74) is 5.35. The Hall–Kier alpha value is -2.69. The van der Waals surface area contributed by atoms with Gasteiger partial charge in [0.15, 0.2) is 0 Å². The van der Waals surface area contributed by atoms with Crippen molar-refractivity contribution in [1.82, 2.24) is 9.88 Å². The molecule has 1 aliphatic heterocycles. The van der Waals surface area contributed by atoms with Crippen LogP contribution in [0.5, 0.6) is 0 Å². The van der Waals surface area contributed by atoms with Crippen LogP contribution in [0.3, 0.4) is 0 Å². The van der Waals surface area contributed by atoms with Gasteiger partial charge in [-0.05, 0) is 60.8 Å². The van der Waals surface area contributed by atoms with Gasteiger partial charge in [-0.1, -0.05) is 48.0 Å². The molecular formula is C25H26ClN3O. The first-order valence-electron chi connectivity index (χ1n) is 10.4. The molecule has 0 radical (unpaired) electrons. The van der Waals surface area contributed by atoms with Crippen molar-refractivity contribution in [2.75, 3.05) is 11.9 Å². The van der Waals surface area contributed by atoms with Crippen molar-refractivity contribution >= 4 is 23.2 Å². The molecular weight excluding hydrogens is 394 g/mol. The molecule has 1 aliphatic rings. The number of pyridine rings is 1. The van der Waals surface area contributed by atoms with Crippen molar-refractivity contribution in [1.29, 1.82) is 0 Å². The predicted molar refractivity (Wildman–Crippen MR) is 122 cm³/mol. The molecule has 1 fully saturated rings. The second-order valence-corrected chi connectivity index (χ2v) is 8.24. The lowest BCUT2D eigenvalue weighted by Gasteiger charge is -2.24. The lowest BCUT2D eigenvalue weighted by molar-refractivity contribution is -0.114. The molecule has 1 atom stereocenters. The quantitative estimate of drug-likeness (QED) is 0.563. The summed E-state index contributed by atoms with van der Waals surface area (Å²) in [6.45, 7) is 3.46. The Balaban J connectivity index is 1.47. The van der Waals surface area contributed by atoms with Gasteiger partial charge < -0.3 is 5.32 Å². The first kappa shape index (κ1) is 20.6. The summed E-state index contributed by atoms with van der Waals surface area (Å²) in [5.74, 6) is -0.0508. The van der Waals surface area contributed by atoms with Crippen molar-refractivity contribution in [2.45, 2.75) is 38.8 Å². The van der Waals surface area contributed by atoms with Gasteiger partial charge in [-0.15, -0.1) is 0 Å². The van der Waals surface area contributed by atoms with Gasteiger partial charge in [-0.3, -0.25) is 14.7 Å². The maximum atomic E-state index is 11.2. The Kier molecular flexibility index (Phi) is 6.46. The lowest BCUT2D eigenvalue weighted by Crippen LogP contribution is -2.23. The molecule has 4 nitrogen and oxygen atoms in total. The highest BCUT2D eigenvalue weighted by atomic mass is 35.5. The number of likely N-dealkylation sites (tertiary alicyclic amines) is 1. The van der Waals surface area contributed by atoms with Gasteiger partial charge in [0.2, 0.25) is 5.91 Å². The lowest BCUT2D eigenvalue weighted by atomic mass is 10.1. The Morgan fingerprint density at radius 3 is 2.67 bits per heavy atom. The smallest absolute Gasteiger partial charge is 0.221 e. The first-order chi connectivity index (χ1) is 14.6. The standard InChI is InChI=1S/C25H26ClN3O/c1-18(30)27-21-13-11-19(12-14-21)17-29-15-5-10-25(29)24-9-4-7-22(28-24)16-20-6-2-3-8-23(20)26/h2-4,6-9,11-14,25H,5,10,15-17H2,1H3,(H,27,30). The number of rotatable bonds is 6. The zero-order chi connectivity index (χ0) is 20.9. The minimum absolute atomic E-state index is 0.0508. The van der Waals surface area contributed by atoms with E-state index in [1.807, 2.05) is 30.3 Å². The van der Waals surface area contributed by atoms with E-state index >= 15 is 0 Å². The summed E-state index contributed by atoms with van der Waals surface area (Å²) in [7, 11) is 0. The van der Waals surface area contributed by atoms with Crippen molar-refractivity contribution < 1.29 is 4.79 Å². The second-order valence-electron chi connectivity index (χ2n) is 7.83. The number of anilines is 1. The molecule has 0 spiro atoms. The van der Waals surface area contributed by atoms with Gasteiger partial charge in [-0.25, -0.2) is 0 Å². The van der Waals surface area contributed by atoms with E-state index in [2.05, 4.69) is 46.6 Å². The monoisotopic (exact) mass is 419 g/mol. The second kappa shape index (κ2) is 9.41. The molecule has 2 heterocycles. The van der Waals surface area contributed by atoms with E-state index in [1.54, 1.807) is 0 Å². The molecule has 5 heteroatoms. The zero-order valence-electron chi connectivity index (χ0n) is 17.1. The minimum Gasteiger partial charge on any atom is -0.326 e. The Morgan fingerprint density at radius 1 is 1.10 bits per heavy atom. The number of nitrogens with one attached hydrogen (secondary N) is 1. The molecule has 1 amide bonds. The fraction of sp³-hybridized carbons (Fsp3) is 0.280. The molecule has 2 aromatic carbocycles. The predicted octanol–water partition coefficient (Wildman–Crippen LogP) is 5.62. The third-order valence-corrected chi connectivity index (χ3v) is 5.89. The highest BCUT2D eigenvalue weighted by Gasteiger charge is 2.27. The molecule has 3 aromatic rings. The summed E-state index contributed by atoms with van der Waals surface area (Å²) in [4.78, 5) is 18.7. The van der Waals surface area contributed by atoms with Crippen molar-refractivity contribution in [3.8, 4) is 0 Å². The largest absolute Gasteiger partial charge is 0.326 e. The van der Waals surface area contributed by atoms with Gasteiger partial charge in [0, 0.05) is 36.3 Å². The van der Waals surface area contributed by atoms with Crippen LogP contribution in [0.15, 0.2) is 66.7 Å². The number of hydrogen-bond donors (Lipinski definition) is 1. The van der Waals surface area contributed by atoms with Gasteiger partial charge in [-0.2, -0.15) is 0 Å². The molecule has 1 aromatic heterocycles. The maximum absolute atomic E-state index is 11.2. The topological polar surface area (TPSA) is 45.2 Å². The number of hydrogen-bond acceptors (Lipinski definition) is 3. The van der Waals surface area contributed by atoms with E-state index in [0.29, 0.717) is 6.04 Å². The van der Waals surface area contributed by atoms with Crippen LogP contribution in [0.2, 0.25) is 5.02 Å². The van der Waals surface area contributed by atoms with Crippen molar-refractivity contribution in [3.05, 3.63) is 94.3 Å². The number of carbonyl (C=O) groups is 1. The SMILES string of the molecule is CC(=O)Nc1ccc(CN2CCCC2c2cccc(Cc3ccccc3Cl)n2)cc1. The first-order valence-corrected chi connectivity index (χ1v) is 10.8. The highest BCUT2D eigenvalue weighted by molar-refractivity contribution is 6.31. The van der Waals surface area contributed by atoms with Crippen LogP contribution in [-0.4, -0.2) is 22.3 Å². The van der Waals surface area contributed by atoms with Crippen LogP contribution in [-0.2, 0) is 17.8 Å². The fourth-order valence-electron chi connectivity index (χ4n) is 4.10.